The van der Waals surface area contributed by atoms with Gasteiger partial charge in [-0.05, 0) is 156 Å². The summed E-state index contributed by atoms with van der Waals surface area (Å²) in [5, 5.41) is 11.5. The lowest BCUT2D eigenvalue weighted by molar-refractivity contribution is -0.717. The molecule has 0 atom stereocenters. The number of aromatic nitrogens is 10. The number of nitrogens with zero attached hydrogens (tertiary/aromatic N) is 7. The summed E-state index contributed by atoms with van der Waals surface area (Å²) in [6.07, 6.45) is 5.98. The molecule has 3 aliphatic rings. The van der Waals surface area contributed by atoms with Gasteiger partial charge >= 0.3 is 0 Å². The smallest absolute Gasteiger partial charge is 0.287 e. The highest BCUT2D eigenvalue weighted by molar-refractivity contribution is 8.00. The van der Waals surface area contributed by atoms with E-state index in [1.165, 1.54) is 0 Å². The number of H-pyrrole nitrogens is 3. The summed E-state index contributed by atoms with van der Waals surface area (Å²) in [5.41, 5.74) is 9.94. The Bertz CT molecular complexity index is 6660. The van der Waals surface area contributed by atoms with Gasteiger partial charge in [-0.15, -0.1) is 27.7 Å². The van der Waals surface area contributed by atoms with E-state index in [1.54, 1.807) is 55.3 Å². The van der Waals surface area contributed by atoms with Gasteiger partial charge in [0.05, 0.1) is 137 Å². The van der Waals surface area contributed by atoms with Crippen LogP contribution in [0.15, 0.2) is 121 Å². The monoisotopic (exact) mass is 1700 g/mol. The van der Waals surface area contributed by atoms with Gasteiger partial charge in [0.15, 0.2) is 46.1 Å². The van der Waals surface area contributed by atoms with Crippen LogP contribution in [0.1, 0.15) is 162 Å². The molecule has 0 saturated carbocycles. The molecule has 15 aromatic rings. The molecule has 0 unspecified atom stereocenters. The fraction of sp³-hybridized carbons (Fsp3) is 0.417. The molecule has 18 rings (SSSR count). The van der Waals surface area contributed by atoms with Crippen LogP contribution in [0.2, 0.25) is 0 Å². The van der Waals surface area contributed by atoms with E-state index in [1.807, 2.05) is 0 Å². The Hall–Kier alpha value is -10.3. The molecule has 25 heteroatoms. The summed E-state index contributed by atoms with van der Waals surface area (Å²) in [6.45, 7) is 38.5. The van der Waals surface area contributed by atoms with E-state index in [0.29, 0.717) is 223 Å². The third-order valence-corrected chi connectivity index (χ3v) is 27.2. The van der Waals surface area contributed by atoms with Gasteiger partial charge < -0.3 is 63.5 Å². The molecule has 0 amide bonds. The highest BCUT2D eigenvalue weighted by Gasteiger charge is 2.42. The third-order valence-electron chi connectivity index (χ3n) is 22.5. The number of anilines is 4. The molecule has 0 saturated heterocycles. The van der Waals surface area contributed by atoms with Crippen molar-refractivity contribution in [1.82, 2.24) is 44.4 Å². The van der Waals surface area contributed by atoms with Crippen LogP contribution in [0.5, 0.6) is 46.0 Å². The molecule has 21 nitrogen and oxygen atoms in total. The quantitative estimate of drug-likeness (QED) is 0.0195. The maximum atomic E-state index is 8.19. The Morgan fingerprint density at radius 3 is 1.23 bits per heavy atom. The minimum Gasteiger partial charge on any atom is -0.492 e. The predicted molar refractivity (Wildman–Crippen MR) is 495 cm³/mol. The molecule has 3 aliphatic heterocycles. The highest BCUT2D eigenvalue weighted by Crippen LogP contribution is 2.63. The highest BCUT2D eigenvalue weighted by atomic mass is 32.2. The molecule has 0 fully saturated rings. The number of fused-ring (bicyclic) bond motifs is 24. The van der Waals surface area contributed by atoms with Gasteiger partial charge in [-0.1, -0.05) is 188 Å². The van der Waals surface area contributed by atoms with E-state index in [9.17, 15) is 0 Å². The van der Waals surface area contributed by atoms with Crippen LogP contribution in [0.4, 0.5) is 22.7 Å². The Kier molecular flexibility index (Phi) is 23.1. The maximum Gasteiger partial charge on any atom is 0.287 e. The molecular formula is C96H109N12O9S4+. The summed E-state index contributed by atoms with van der Waals surface area (Å²) in [6, 6.07) is 33.6. The molecule has 8 aromatic carbocycles. The standard InChI is InChI=1S/C96H108N12O9S4/c1-49(2)33-41-109-77-65-68(82(114-46-38-54(11)12)86-73(77)97-57-25-17-22-30-62(57)119-86)92-102-89(65)101-90-67-66(78(110-42-34-50(3)4)74-85(81(67)113-45-37-53(9)10)118-61-29-21-18-26-58(61)98-74)91(103-90)104-94-71-70(80(112-44-36-52(7)8)76-87(83(71)115-47-39-55(13)14)120-63-31-23-20-28-60(63)100-76)95-106-96-72-69(93(105-92)107(96)117-108(94)95)79(111-43-35-51(5)6)75-88(84(72)116-48-40-56(15)16)121-64-32-24-19-27-59(64)99-75/h17-32,49-56H,33-48H2,1-16H3,(H4,97,98,99,100,101,102,103,104,105,106)/p+1. The van der Waals surface area contributed by atoms with Crippen molar-refractivity contribution in [1.29, 1.82) is 0 Å². The van der Waals surface area contributed by atoms with Crippen LogP contribution in [0.25, 0.3) is 130 Å². The Morgan fingerprint density at radius 1 is 0.347 bits per heavy atom. The zero-order valence-electron chi connectivity index (χ0n) is 72.1. The Labute approximate surface area is 721 Å². The maximum absolute atomic E-state index is 8.19. The van der Waals surface area contributed by atoms with E-state index >= 15 is 0 Å². The van der Waals surface area contributed by atoms with Crippen molar-refractivity contribution in [2.24, 2.45) is 47.3 Å². The second-order valence-electron chi connectivity index (χ2n) is 35.6. The van der Waals surface area contributed by atoms with Crippen molar-refractivity contribution >= 4 is 176 Å². The SMILES string of the molecule is CC(C)CCOc1c2c(c(OCCC(C)C)c3c1-c1nc-3nc3c4c(OCCC(C)C)c5[nH]c6ccccc6sc5c(OCCC(C)C)c4c4nc5c6c(OCCC(C)C)c7[nH]c8ccccc8sc7c(OCCC(C)C)c6c(nc6[nH]c(n1)c1c(OCCC(C)C)c7c(c(OCCC(C)C)c61)Nc1ccccc1S7)[n+]5on34)Sc1ccccc1N2. The van der Waals surface area contributed by atoms with Crippen LogP contribution in [0, 0.1) is 47.3 Å². The minimum absolute atomic E-state index is 0.272. The average molecular weight is 1700 g/mol. The normalized spacial score (nSPS) is 13.0. The molecule has 0 spiro atoms. The van der Waals surface area contributed by atoms with Crippen molar-refractivity contribution < 1.29 is 47.1 Å². The van der Waals surface area contributed by atoms with Crippen molar-refractivity contribution in [2.75, 3.05) is 63.5 Å². The van der Waals surface area contributed by atoms with Crippen LogP contribution < -0.4 is 53.1 Å². The topological polar surface area (TPSA) is 231 Å². The van der Waals surface area contributed by atoms with Crippen LogP contribution >= 0.6 is 46.2 Å². The first-order valence-corrected chi connectivity index (χ1v) is 46.7. The number of aromatic amines is 3. The van der Waals surface area contributed by atoms with Crippen LogP contribution in [-0.2, 0) is 0 Å². The first-order chi connectivity index (χ1) is 58.6. The average Bonchev–Trinajstić information content (AvgIpc) is 1.53. The van der Waals surface area contributed by atoms with Crippen molar-refractivity contribution in [3.8, 4) is 68.8 Å². The molecule has 121 heavy (non-hydrogen) atoms. The van der Waals surface area contributed by atoms with Gasteiger partial charge in [0.25, 0.3) is 16.9 Å². The molecule has 630 valence electrons. The Morgan fingerprint density at radius 2 is 0.711 bits per heavy atom. The fourth-order valence-electron chi connectivity index (χ4n) is 15.7. The lowest BCUT2D eigenvalue weighted by Gasteiger charge is -2.28. The molecule has 6 bridgehead atoms. The lowest BCUT2D eigenvalue weighted by atomic mass is 10.0. The van der Waals surface area contributed by atoms with E-state index in [-0.39, 0.29) is 11.7 Å². The first-order valence-electron chi connectivity index (χ1n) is 43.4. The second-order valence-corrected chi connectivity index (χ2v) is 39.8. The van der Waals surface area contributed by atoms with Gasteiger partial charge in [0.2, 0.25) is 11.3 Å². The first kappa shape index (κ1) is 81.7. The summed E-state index contributed by atoms with van der Waals surface area (Å²) in [7, 11) is 0. The third kappa shape index (κ3) is 15.6. The number of ether oxygens (including phenoxy) is 8. The molecule has 10 heterocycles. The summed E-state index contributed by atoms with van der Waals surface area (Å²) in [4.78, 5) is 46.3. The molecule has 5 N–H and O–H groups in total. The van der Waals surface area contributed by atoms with Gasteiger partial charge in [0, 0.05) is 9.79 Å². The summed E-state index contributed by atoms with van der Waals surface area (Å²) >= 11 is 6.56. The van der Waals surface area contributed by atoms with E-state index < -0.39 is 0 Å². The van der Waals surface area contributed by atoms with Gasteiger partial charge in [-0.3, -0.25) is 0 Å². The number of benzene rings is 8. The molecule has 0 radical (unpaired) electrons. The molecule has 7 aromatic heterocycles. The second kappa shape index (κ2) is 34.2. The van der Waals surface area contributed by atoms with Gasteiger partial charge in [-0.25, -0.2) is 9.97 Å². The van der Waals surface area contributed by atoms with Crippen molar-refractivity contribution in [3.05, 3.63) is 97.1 Å². The molecular weight excluding hydrogens is 1590 g/mol. The number of rotatable bonds is 32. The Balaban J connectivity index is 1.13. The van der Waals surface area contributed by atoms with Crippen LogP contribution in [-0.4, -0.2) is 97.3 Å². The number of hydrogen-bond donors (Lipinski definition) is 5. The van der Waals surface area contributed by atoms with Crippen LogP contribution in [0.3, 0.4) is 0 Å². The van der Waals surface area contributed by atoms with Crippen molar-refractivity contribution in [3.63, 3.8) is 0 Å². The predicted octanol–water partition coefficient (Wildman–Crippen LogP) is 26.4. The van der Waals surface area contributed by atoms with Gasteiger partial charge in [-0.2, -0.15) is 9.61 Å². The number of nitrogens with one attached hydrogen (secondary N) is 5. The summed E-state index contributed by atoms with van der Waals surface area (Å²) < 4.78 is 75.8. The van der Waals surface area contributed by atoms with E-state index in [2.05, 4.69) is 233 Å². The van der Waals surface area contributed by atoms with E-state index in [0.717, 1.165) is 135 Å². The minimum atomic E-state index is 0.272. The number of hydrogen-bond acceptors (Lipinski definition) is 20. The van der Waals surface area contributed by atoms with E-state index in [4.69, 9.17) is 67.4 Å². The zero-order valence-corrected chi connectivity index (χ0v) is 75.4. The lowest BCUT2D eigenvalue weighted by Crippen LogP contribution is -2.23. The zero-order chi connectivity index (χ0) is 83.8. The van der Waals surface area contributed by atoms with Gasteiger partial charge in [0.1, 0.15) is 50.0 Å². The molecule has 0 aliphatic carbocycles. The number of para-hydroxylation sites is 4. The largest absolute Gasteiger partial charge is 0.492 e. The van der Waals surface area contributed by atoms with Crippen molar-refractivity contribution in [2.45, 2.75) is 182 Å². The fourth-order valence-corrected chi connectivity index (χ4v) is 20.0. The summed E-state index contributed by atoms with van der Waals surface area (Å²) in [5.74, 6) is 7.43.